The molecule has 1 aromatic carbocycles. The number of aromatic nitrogens is 2. The van der Waals surface area contributed by atoms with Crippen LogP contribution >= 0.6 is 0 Å². The van der Waals surface area contributed by atoms with E-state index in [1.807, 2.05) is 13.0 Å². The monoisotopic (exact) mass is 215 g/mol. The maximum absolute atomic E-state index is 9.19. The average Bonchev–Trinajstić information content (AvgIpc) is 2.31. The molecule has 1 aromatic heterocycles. The lowest BCUT2D eigenvalue weighted by Crippen LogP contribution is -2.00. The fraction of sp³-hybridized carbons (Fsp3) is 0.167. The van der Waals surface area contributed by atoms with Gasteiger partial charge in [-0.3, -0.25) is 0 Å². The highest BCUT2D eigenvalue weighted by atomic mass is 16.3. The number of anilines is 1. The van der Waals surface area contributed by atoms with Gasteiger partial charge in [-0.25, -0.2) is 9.97 Å². The molecule has 0 saturated carbocycles. The van der Waals surface area contributed by atoms with Crippen molar-refractivity contribution < 1.29 is 5.11 Å². The smallest absolute Gasteiger partial charge is 0.161 e. The fourth-order valence-corrected chi connectivity index (χ4v) is 1.39. The van der Waals surface area contributed by atoms with E-state index in [2.05, 4.69) is 15.3 Å². The van der Waals surface area contributed by atoms with E-state index in [-0.39, 0.29) is 5.75 Å². The molecule has 0 saturated heterocycles. The van der Waals surface area contributed by atoms with Crippen LogP contribution in [0.3, 0.4) is 0 Å². The van der Waals surface area contributed by atoms with Gasteiger partial charge in [0, 0.05) is 18.3 Å². The number of rotatable bonds is 3. The zero-order valence-corrected chi connectivity index (χ0v) is 9.01. The molecule has 0 spiro atoms. The number of nitrogens with zero attached hydrogens (tertiary/aromatic N) is 2. The summed E-state index contributed by atoms with van der Waals surface area (Å²) in [6.45, 7) is 2.84. The molecule has 1 heterocycles. The summed E-state index contributed by atoms with van der Waals surface area (Å²) in [5.41, 5.74) is 0.887. The summed E-state index contributed by atoms with van der Waals surface area (Å²) >= 11 is 0. The van der Waals surface area contributed by atoms with Crippen LogP contribution in [0.5, 0.6) is 5.75 Å². The third-order valence-electron chi connectivity index (χ3n) is 2.14. The predicted octanol–water partition coefficient (Wildman–Crippen LogP) is 2.28. The number of hydrogen-bond acceptors (Lipinski definition) is 4. The molecule has 0 bridgehead atoms. The summed E-state index contributed by atoms with van der Waals surface area (Å²) in [5, 5.41) is 12.3. The Balaban J connectivity index is 2.32. The molecule has 4 nitrogen and oxygen atoms in total. The van der Waals surface area contributed by atoms with Crippen LogP contribution in [0.4, 0.5) is 5.82 Å². The Hall–Kier alpha value is -2.10. The van der Waals surface area contributed by atoms with Crippen molar-refractivity contribution in [3.05, 3.63) is 36.5 Å². The lowest BCUT2D eigenvalue weighted by molar-refractivity contribution is 0.475. The fourth-order valence-electron chi connectivity index (χ4n) is 1.39. The second kappa shape index (κ2) is 4.61. The topological polar surface area (TPSA) is 58.0 Å². The van der Waals surface area contributed by atoms with E-state index in [1.165, 1.54) is 0 Å². The van der Waals surface area contributed by atoms with Gasteiger partial charge in [-0.15, -0.1) is 0 Å². The van der Waals surface area contributed by atoms with E-state index in [1.54, 1.807) is 30.5 Å². The van der Waals surface area contributed by atoms with Gasteiger partial charge in [0.1, 0.15) is 11.6 Å². The normalized spacial score (nSPS) is 10.1. The van der Waals surface area contributed by atoms with E-state index in [9.17, 15) is 5.11 Å². The molecule has 0 radical (unpaired) electrons. The minimum absolute atomic E-state index is 0.242. The summed E-state index contributed by atoms with van der Waals surface area (Å²) < 4.78 is 0. The Morgan fingerprint density at radius 2 is 1.94 bits per heavy atom. The van der Waals surface area contributed by atoms with E-state index in [0.29, 0.717) is 5.82 Å². The molecule has 0 aliphatic carbocycles. The minimum atomic E-state index is 0.242. The van der Waals surface area contributed by atoms with Crippen LogP contribution in [0.2, 0.25) is 0 Å². The molecular weight excluding hydrogens is 202 g/mol. The van der Waals surface area contributed by atoms with Gasteiger partial charge in [0.15, 0.2) is 5.82 Å². The number of aromatic hydroxyl groups is 1. The molecule has 0 fully saturated rings. The second-order valence-corrected chi connectivity index (χ2v) is 3.34. The molecule has 2 aromatic rings. The van der Waals surface area contributed by atoms with E-state index < -0.39 is 0 Å². The van der Waals surface area contributed by atoms with Crippen molar-refractivity contribution in [2.24, 2.45) is 0 Å². The third-order valence-corrected chi connectivity index (χ3v) is 2.14. The maximum atomic E-state index is 9.19. The minimum Gasteiger partial charge on any atom is -0.508 e. The molecule has 0 unspecified atom stereocenters. The van der Waals surface area contributed by atoms with Gasteiger partial charge in [0.25, 0.3) is 0 Å². The van der Waals surface area contributed by atoms with Crippen molar-refractivity contribution in [1.29, 1.82) is 0 Å². The summed E-state index contributed by atoms with van der Waals surface area (Å²) in [5.74, 6) is 1.70. The van der Waals surface area contributed by atoms with Crippen molar-refractivity contribution in [2.45, 2.75) is 6.92 Å². The summed E-state index contributed by atoms with van der Waals surface area (Å²) in [6.07, 6.45) is 1.72. The van der Waals surface area contributed by atoms with Gasteiger partial charge in [-0.2, -0.15) is 0 Å². The first-order valence-electron chi connectivity index (χ1n) is 5.16. The quantitative estimate of drug-likeness (QED) is 0.824. The molecule has 0 amide bonds. The second-order valence-electron chi connectivity index (χ2n) is 3.34. The highest BCUT2D eigenvalue weighted by molar-refractivity contribution is 5.57. The molecule has 0 aliphatic heterocycles. The van der Waals surface area contributed by atoms with E-state index >= 15 is 0 Å². The van der Waals surface area contributed by atoms with Crippen molar-refractivity contribution in [3.63, 3.8) is 0 Å². The van der Waals surface area contributed by atoms with Gasteiger partial charge < -0.3 is 10.4 Å². The summed E-state index contributed by atoms with van der Waals surface area (Å²) in [6, 6.07) is 8.66. The van der Waals surface area contributed by atoms with Crippen LogP contribution < -0.4 is 5.32 Å². The third kappa shape index (κ3) is 2.28. The largest absolute Gasteiger partial charge is 0.508 e. The summed E-state index contributed by atoms with van der Waals surface area (Å²) in [4.78, 5) is 8.55. The molecule has 82 valence electrons. The van der Waals surface area contributed by atoms with Crippen LogP contribution in [-0.2, 0) is 0 Å². The van der Waals surface area contributed by atoms with Crippen LogP contribution in [0.25, 0.3) is 11.4 Å². The first-order valence-corrected chi connectivity index (χ1v) is 5.16. The van der Waals surface area contributed by atoms with Crippen LogP contribution in [-0.4, -0.2) is 21.6 Å². The van der Waals surface area contributed by atoms with Gasteiger partial charge >= 0.3 is 0 Å². The number of phenols is 1. The van der Waals surface area contributed by atoms with Crippen molar-refractivity contribution in [2.75, 3.05) is 11.9 Å². The zero-order chi connectivity index (χ0) is 11.4. The lowest BCUT2D eigenvalue weighted by Gasteiger charge is -2.04. The highest BCUT2D eigenvalue weighted by Crippen LogP contribution is 2.19. The van der Waals surface area contributed by atoms with E-state index in [0.717, 1.165) is 17.9 Å². The van der Waals surface area contributed by atoms with Crippen molar-refractivity contribution >= 4 is 5.82 Å². The Labute approximate surface area is 94.0 Å². The first kappa shape index (κ1) is 10.4. The zero-order valence-electron chi connectivity index (χ0n) is 9.01. The lowest BCUT2D eigenvalue weighted by atomic mass is 10.2. The number of nitrogens with one attached hydrogen (secondary N) is 1. The molecule has 16 heavy (non-hydrogen) atoms. The number of benzene rings is 1. The number of hydrogen-bond donors (Lipinski definition) is 2. The van der Waals surface area contributed by atoms with Crippen molar-refractivity contribution in [3.8, 4) is 17.1 Å². The van der Waals surface area contributed by atoms with Gasteiger partial charge in [-0.05, 0) is 37.3 Å². The van der Waals surface area contributed by atoms with Crippen LogP contribution in [0.15, 0.2) is 36.5 Å². The van der Waals surface area contributed by atoms with Gasteiger partial charge in [0.05, 0.1) is 0 Å². The number of phenolic OH excluding ortho intramolecular Hbond substituents is 1. The Bertz CT molecular complexity index is 468. The molecule has 0 atom stereocenters. The maximum Gasteiger partial charge on any atom is 0.161 e. The molecule has 2 N–H and O–H groups in total. The molecule has 2 rings (SSSR count). The van der Waals surface area contributed by atoms with Gasteiger partial charge in [-0.1, -0.05) is 0 Å². The van der Waals surface area contributed by atoms with Gasteiger partial charge in [0.2, 0.25) is 0 Å². The summed E-state index contributed by atoms with van der Waals surface area (Å²) in [7, 11) is 0. The van der Waals surface area contributed by atoms with Crippen LogP contribution in [0, 0.1) is 0 Å². The molecular formula is C12H13N3O. The Kier molecular flexibility index (Phi) is 3.00. The molecule has 4 heteroatoms. The molecule has 0 aliphatic rings. The average molecular weight is 215 g/mol. The SMILES string of the molecule is CCNc1ccnc(-c2ccc(O)cc2)n1. The first-order chi connectivity index (χ1) is 7.79. The van der Waals surface area contributed by atoms with E-state index in [4.69, 9.17) is 0 Å². The Morgan fingerprint density at radius 1 is 1.19 bits per heavy atom. The van der Waals surface area contributed by atoms with Crippen LogP contribution in [0.1, 0.15) is 6.92 Å². The standard InChI is InChI=1S/C12H13N3O/c1-2-13-11-7-8-14-12(15-11)9-3-5-10(16)6-4-9/h3-8,16H,2H2,1H3,(H,13,14,15). The van der Waals surface area contributed by atoms with Crippen molar-refractivity contribution in [1.82, 2.24) is 9.97 Å². The highest BCUT2D eigenvalue weighted by Gasteiger charge is 2.01. The Morgan fingerprint density at radius 3 is 2.62 bits per heavy atom. The predicted molar refractivity (Wildman–Crippen MR) is 63.3 cm³/mol.